The van der Waals surface area contributed by atoms with Gasteiger partial charge in [-0.1, -0.05) is 13.8 Å². The molecule has 0 saturated heterocycles. The first-order valence-corrected chi connectivity index (χ1v) is 7.85. The molecular weight excluding hydrogens is 316 g/mol. The second kappa shape index (κ2) is 11.1. The molecule has 0 aliphatic heterocycles. The number of nitrogens with one attached hydrogen (secondary N) is 1. The summed E-state index contributed by atoms with van der Waals surface area (Å²) in [6.45, 7) is 5.12. The van der Waals surface area contributed by atoms with E-state index in [1.165, 1.54) is 0 Å². The zero-order valence-corrected chi connectivity index (χ0v) is 15.1. The third-order valence-electron chi connectivity index (χ3n) is 3.92. The molecule has 3 N–H and O–H groups in total. The zero-order chi connectivity index (χ0) is 16.4. The molecule has 1 aromatic carbocycles. The van der Waals surface area contributed by atoms with Crippen LogP contribution in [0.5, 0.6) is 11.5 Å². The average Bonchev–Trinajstić information content (AvgIpc) is 2.57. The van der Waals surface area contributed by atoms with Crippen molar-refractivity contribution in [3.05, 3.63) is 24.3 Å². The van der Waals surface area contributed by atoms with Crippen molar-refractivity contribution in [2.24, 2.45) is 5.73 Å². The van der Waals surface area contributed by atoms with Crippen LogP contribution in [0.3, 0.4) is 0 Å². The van der Waals surface area contributed by atoms with Crippen molar-refractivity contribution in [2.75, 3.05) is 20.3 Å². The van der Waals surface area contributed by atoms with Crippen LogP contribution in [0, 0.1) is 0 Å². The van der Waals surface area contributed by atoms with Gasteiger partial charge in [-0.2, -0.15) is 0 Å². The van der Waals surface area contributed by atoms with Crippen LogP contribution in [0.2, 0.25) is 0 Å². The number of methoxy groups -OCH3 is 1. The molecule has 0 unspecified atom stereocenters. The first kappa shape index (κ1) is 21.5. The van der Waals surface area contributed by atoms with Crippen molar-refractivity contribution in [1.82, 2.24) is 5.32 Å². The van der Waals surface area contributed by atoms with Crippen LogP contribution in [0.15, 0.2) is 24.3 Å². The molecule has 23 heavy (non-hydrogen) atoms. The predicted molar refractivity (Wildman–Crippen MR) is 95.5 cm³/mol. The molecule has 0 radical (unpaired) electrons. The molecule has 0 heterocycles. The van der Waals surface area contributed by atoms with Crippen molar-refractivity contribution < 1.29 is 14.3 Å². The Balaban J connectivity index is 0.00000484. The smallest absolute Gasteiger partial charge is 0.220 e. The summed E-state index contributed by atoms with van der Waals surface area (Å²) in [5, 5.41) is 2.90. The van der Waals surface area contributed by atoms with E-state index in [9.17, 15) is 4.79 Å². The van der Waals surface area contributed by atoms with Crippen molar-refractivity contribution in [3.63, 3.8) is 0 Å². The highest BCUT2D eigenvalue weighted by Crippen LogP contribution is 2.17. The van der Waals surface area contributed by atoms with Crippen LogP contribution in [0.1, 0.15) is 39.5 Å². The monoisotopic (exact) mass is 344 g/mol. The summed E-state index contributed by atoms with van der Waals surface area (Å²) in [6.07, 6.45) is 2.82. The number of benzene rings is 1. The minimum Gasteiger partial charge on any atom is -0.497 e. The molecule has 1 aromatic rings. The maximum Gasteiger partial charge on any atom is 0.220 e. The predicted octanol–water partition coefficient (Wildman–Crippen LogP) is 2.91. The van der Waals surface area contributed by atoms with Crippen LogP contribution < -0.4 is 20.5 Å². The Morgan fingerprint density at radius 2 is 1.74 bits per heavy atom. The Morgan fingerprint density at radius 3 is 2.26 bits per heavy atom. The van der Waals surface area contributed by atoms with Crippen LogP contribution in [-0.2, 0) is 4.79 Å². The standard InChI is InChI=1S/C17H28N2O3.ClH/c1-4-17(18,5-2)13-19-16(20)7-6-12-22-15-10-8-14(21-3)9-11-15;/h8-11H,4-7,12-13,18H2,1-3H3,(H,19,20);1H. The molecule has 0 aliphatic carbocycles. The molecule has 1 amide bonds. The maximum atomic E-state index is 11.8. The lowest BCUT2D eigenvalue weighted by Gasteiger charge is -2.26. The quantitative estimate of drug-likeness (QED) is 0.640. The van der Waals surface area contributed by atoms with Crippen molar-refractivity contribution in [3.8, 4) is 11.5 Å². The van der Waals surface area contributed by atoms with Gasteiger partial charge < -0.3 is 20.5 Å². The van der Waals surface area contributed by atoms with Gasteiger partial charge >= 0.3 is 0 Å². The molecule has 0 spiro atoms. The molecule has 0 fully saturated rings. The van der Waals surface area contributed by atoms with Gasteiger partial charge in [0.15, 0.2) is 0 Å². The molecule has 0 saturated carbocycles. The van der Waals surface area contributed by atoms with Gasteiger partial charge in [-0.25, -0.2) is 0 Å². The second-order valence-corrected chi connectivity index (χ2v) is 5.47. The van der Waals surface area contributed by atoms with Gasteiger partial charge in [0, 0.05) is 18.5 Å². The highest BCUT2D eigenvalue weighted by atomic mass is 35.5. The lowest BCUT2D eigenvalue weighted by Crippen LogP contribution is -2.49. The largest absolute Gasteiger partial charge is 0.497 e. The second-order valence-electron chi connectivity index (χ2n) is 5.47. The van der Waals surface area contributed by atoms with Gasteiger partial charge in [-0.3, -0.25) is 4.79 Å². The fraction of sp³-hybridized carbons (Fsp3) is 0.588. The molecular formula is C17H29ClN2O3. The zero-order valence-electron chi connectivity index (χ0n) is 14.3. The molecule has 0 aliphatic rings. The average molecular weight is 345 g/mol. The van der Waals surface area contributed by atoms with Gasteiger partial charge in [-0.15, -0.1) is 12.4 Å². The number of hydrogen-bond acceptors (Lipinski definition) is 4. The highest BCUT2D eigenvalue weighted by Gasteiger charge is 2.20. The summed E-state index contributed by atoms with van der Waals surface area (Å²) < 4.78 is 10.7. The van der Waals surface area contributed by atoms with Gasteiger partial charge in [0.1, 0.15) is 11.5 Å². The lowest BCUT2D eigenvalue weighted by molar-refractivity contribution is -0.121. The van der Waals surface area contributed by atoms with E-state index in [1.54, 1.807) is 7.11 Å². The van der Waals surface area contributed by atoms with E-state index in [4.69, 9.17) is 15.2 Å². The van der Waals surface area contributed by atoms with Gasteiger partial charge in [-0.05, 0) is 43.5 Å². The van der Waals surface area contributed by atoms with Gasteiger partial charge in [0.2, 0.25) is 5.91 Å². The number of hydrogen-bond donors (Lipinski definition) is 2. The number of rotatable bonds is 10. The summed E-state index contributed by atoms with van der Waals surface area (Å²) in [5.41, 5.74) is 5.85. The molecule has 132 valence electrons. The molecule has 6 heteroatoms. The molecule has 5 nitrogen and oxygen atoms in total. The topological polar surface area (TPSA) is 73.6 Å². The van der Waals surface area contributed by atoms with E-state index >= 15 is 0 Å². The summed E-state index contributed by atoms with van der Waals surface area (Å²) in [7, 11) is 1.63. The van der Waals surface area contributed by atoms with E-state index in [1.807, 2.05) is 38.1 Å². The van der Waals surface area contributed by atoms with Crippen LogP contribution in [-0.4, -0.2) is 31.7 Å². The van der Waals surface area contributed by atoms with Crippen molar-refractivity contribution in [2.45, 2.75) is 45.1 Å². The van der Waals surface area contributed by atoms with Crippen LogP contribution >= 0.6 is 12.4 Å². The van der Waals surface area contributed by atoms with Crippen molar-refractivity contribution in [1.29, 1.82) is 0 Å². The summed E-state index contributed by atoms with van der Waals surface area (Å²) in [5.74, 6) is 1.60. The Kier molecular flexibility index (Phi) is 10.4. The van der Waals surface area contributed by atoms with E-state index in [0.29, 0.717) is 26.0 Å². The van der Waals surface area contributed by atoms with E-state index in [2.05, 4.69) is 5.32 Å². The maximum absolute atomic E-state index is 11.8. The minimum atomic E-state index is -0.296. The number of carbonyl (C=O) groups excluding carboxylic acids is 1. The molecule has 1 rings (SSSR count). The fourth-order valence-corrected chi connectivity index (χ4v) is 1.96. The molecule has 0 bridgehead atoms. The normalized spacial score (nSPS) is 10.6. The number of amides is 1. The third-order valence-corrected chi connectivity index (χ3v) is 3.92. The first-order valence-electron chi connectivity index (χ1n) is 7.85. The Bertz CT molecular complexity index is 448. The van der Waals surface area contributed by atoms with Crippen LogP contribution in [0.25, 0.3) is 0 Å². The molecule has 0 aromatic heterocycles. The SMILES string of the molecule is CCC(N)(CC)CNC(=O)CCCOc1ccc(OC)cc1.Cl. The number of nitrogens with two attached hydrogens (primary N) is 1. The summed E-state index contributed by atoms with van der Waals surface area (Å²) >= 11 is 0. The number of ether oxygens (including phenoxy) is 2. The number of carbonyl (C=O) groups is 1. The summed E-state index contributed by atoms with van der Waals surface area (Å²) in [4.78, 5) is 11.8. The Labute approximate surface area is 145 Å². The Hall–Kier alpha value is -1.46. The van der Waals surface area contributed by atoms with E-state index < -0.39 is 0 Å². The van der Waals surface area contributed by atoms with Crippen molar-refractivity contribution >= 4 is 18.3 Å². The first-order chi connectivity index (χ1) is 10.5. The van der Waals surface area contributed by atoms with E-state index in [0.717, 1.165) is 24.3 Å². The summed E-state index contributed by atoms with van der Waals surface area (Å²) in [6, 6.07) is 7.39. The Morgan fingerprint density at radius 1 is 1.17 bits per heavy atom. The third kappa shape index (κ3) is 8.09. The number of halogens is 1. The minimum absolute atomic E-state index is 0. The highest BCUT2D eigenvalue weighted by molar-refractivity contribution is 5.85. The van der Waals surface area contributed by atoms with Crippen LogP contribution in [0.4, 0.5) is 0 Å². The fourth-order valence-electron chi connectivity index (χ4n) is 1.96. The lowest BCUT2D eigenvalue weighted by atomic mass is 9.94. The molecule has 0 atom stereocenters. The van der Waals surface area contributed by atoms with Gasteiger partial charge in [0.25, 0.3) is 0 Å². The van der Waals surface area contributed by atoms with E-state index in [-0.39, 0.29) is 23.9 Å². The van der Waals surface area contributed by atoms with Gasteiger partial charge in [0.05, 0.1) is 13.7 Å².